The summed E-state index contributed by atoms with van der Waals surface area (Å²) < 4.78 is 16.9. The second-order valence-corrected chi connectivity index (χ2v) is 21.7. The van der Waals surface area contributed by atoms with Gasteiger partial charge in [-0.1, -0.05) is 309 Å². The molecule has 6 nitrogen and oxygen atoms in total. The predicted octanol–water partition coefficient (Wildman–Crippen LogP) is 21.3. The summed E-state index contributed by atoms with van der Waals surface area (Å²) in [5, 5.41) is 0. The predicted molar refractivity (Wildman–Crippen MR) is 303 cm³/mol. The standard InChI is InChI=1S/C64H122O6/c1-4-7-10-13-16-19-22-24-26-28-29-30-31-32-33-34-35-36-38-39-42-45-48-51-54-57-63(66)69-60-61(59-68-62(65)56-53-50-47-44-41-21-18-15-12-9-6-3)70-64(67)58-55-52-49-46-43-40-37-27-25-23-20-17-14-11-8-5-2/h28-29,61H,4-27,30-60H2,1-3H3/b29-28-. The second kappa shape index (κ2) is 59.7. The number of hydrogen-bond acceptors (Lipinski definition) is 6. The van der Waals surface area contributed by atoms with Crippen molar-refractivity contribution in [1.82, 2.24) is 0 Å². The summed E-state index contributed by atoms with van der Waals surface area (Å²) in [5.74, 6) is -0.836. The van der Waals surface area contributed by atoms with Crippen molar-refractivity contribution < 1.29 is 28.6 Å². The van der Waals surface area contributed by atoms with Crippen LogP contribution in [0.15, 0.2) is 12.2 Å². The van der Waals surface area contributed by atoms with E-state index in [-0.39, 0.29) is 31.1 Å². The number of hydrogen-bond donors (Lipinski definition) is 0. The third kappa shape index (κ3) is 57.1. The first kappa shape index (κ1) is 68.2. The first-order chi connectivity index (χ1) is 34.5. The lowest BCUT2D eigenvalue weighted by atomic mass is 10.0. The summed E-state index contributed by atoms with van der Waals surface area (Å²) in [6, 6.07) is 0. The van der Waals surface area contributed by atoms with Crippen molar-refractivity contribution in [3.63, 3.8) is 0 Å². The Morgan fingerprint density at radius 1 is 0.271 bits per heavy atom. The number of esters is 3. The van der Waals surface area contributed by atoms with E-state index in [1.165, 1.54) is 263 Å². The van der Waals surface area contributed by atoms with Crippen LogP contribution < -0.4 is 0 Å². The fourth-order valence-electron chi connectivity index (χ4n) is 9.74. The fraction of sp³-hybridized carbons (Fsp3) is 0.922. The van der Waals surface area contributed by atoms with Crippen molar-refractivity contribution in [1.29, 1.82) is 0 Å². The molecule has 70 heavy (non-hydrogen) atoms. The molecule has 6 heteroatoms. The van der Waals surface area contributed by atoms with E-state index in [0.29, 0.717) is 19.3 Å². The van der Waals surface area contributed by atoms with E-state index >= 15 is 0 Å². The van der Waals surface area contributed by atoms with E-state index in [0.717, 1.165) is 57.8 Å². The monoisotopic (exact) mass is 987 g/mol. The van der Waals surface area contributed by atoms with Gasteiger partial charge >= 0.3 is 17.9 Å². The first-order valence-electron chi connectivity index (χ1n) is 31.7. The van der Waals surface area contributed by atoms with Gasteiger partial charge in [-0.15, -0.1) is 0 Å². The summed E-state index contributed by atoms with van der Waals surface area (Å²) in [6.07, 6.45) is 69.4. The van der Waals surface area contributed by atoms with E-state index in [1.807, 2.05) is 0 Å². The first-order valence-corrected chi connectivity index (χ1v) is 31.7. The SMILES string of the molecule is CCCCCCCCCC/C=C\CCCCCCCCCCCCCCCC(=O)OCC(COC(=O)CCCCCCCCCCCCC)OC(=O)CCCCCCCCCCCCCCCCCC. The van der Waals surface area contributed by atoms with Gasteiger partial charge in [-0.2, -0.15) is 0 Å². The highest BCUT2D eigenvalue weighted by Crippen LogP contribution is 2.18. The maximum atomic E-state index is 12.9. The average Bonchev–Trinajstić information content (AvgIpc) is 3.36. The zero-order valence-electron chi connectivity index (χ0n) is 47.6. The van der Waals surface area contributed by atoms with Crippen LogP contribution in [0.4, 0.5) is 0 Å². The largest absolute Gasteiger partial charge is 0.462 e. The van der Waals surface area contributed by atoms with E-state index in [1.54, 1.807) is 0 Å². The molecule has 0 heterocycles. The molecule has 0 N–H and O–H groups in total. The minimum atomic E-state index is -0.764. The highest BCUT2D eigenvalue weighted by Gasteiger charge is 2.19. The van der Waals surface area contributed by atoms with Crippen LogP contribution in [0.5, 0.6) is 0 Å². The molecule has 0 spiro atoms. The van der Waals surface area contributed by atoms with E-state index in [4.69, 9.17) is 14.2 Å². The summed E-state index contributed by atoms with van der Waals surface area (Å²) in [6.45, 7) is 6.70. The topological polar surface area (TPSA) is 78.9 Å². The summed E-state index contributed by atoms with van der Waals surface area (Å²) in [7, 11) is 0. The molecule has 0 radical (unpaired) electrons. The third-order valence-corrected chi connectivity index (χ3v) is 14.5. The van der Waals surface area contributed by atoms with E-state index in [2.05, 4.69) is 32.9 Å². The lowest BCUT2D eigenvalue weighted by Gasteiger charge is -2.18. The van der Waals surface area contributed by atoms with Crippen LogP contribution >= 0.6 is 0 Å². The Bertz CT molecular complexity index is 1090. The van der Waals surface area contributed by atoms with Gasteiger partial charge in [0.15, 0.2) is 6.10 Å². The van der Waals surface area contributed by atoms with Crippen molar-refractivity contribution in [3.8, 4) is 0 Å². The lowest BCUT2D eigenvalue weighted by molar-refractivity contribution is -0.167. The molecule has 0 aliphatic rings. The molecule has 0 aliphatic heterocycles. The van der Waals surface area contributed by atoms with Gasteiger partial charge in [0.2, 0.25) is 0 Å². The minimum absolute atomic E-state index is 0.0633. The van der Waals surface area contributed by atoms with Gasteiger partial charge in [-0.3, -0.25) is 14.4 Å². The van der Waals surface area contributed by atoms with Crippen molar-refractivity contribution in [2.24, 2.45) is 0 Å². The van der Waals surface area contributed by atoms with Gasteiger partial charge < -0.3 is 14.2 Å². The van der Waals surface area contributed by atoms with Gasteiger partial charge in [-0.05, 0) is 44.9 Å². The molecule has 0 bridgehead atoms. The molecular formula is C64H122O6. The molecule has 0 saturated carbocycles. The van der Waals surface area contributed by atoms with Crippen LogP contribution in [0.3, 0.4) is 0 Å². The minimum Gasteiger partial charge on any atom is -0.462 e. The van der Waals surface area contributed by atoms with Crippen LogP contribution in [0.2, 0.25) is 0 Å². The zero-order valence-corrected chi connectivity index (χ0v) is 47.6. The lowest BCUT2D eigenvalue weighted by Crippen LogP contribution is -2.30. The molecule has 0 aromatic heterocycles. The Morgan fingerprint density at radius 2 is 0.471 bits per heavy atom. The highest BCUT2D eigenvalue weighted by molar-refractivity contribution is 5.71. The van der Waals surface area contributed by atoms with Gasteiger partial charge in [0.25, 0.3) is 0 Å². The van der Waals surface area contributed by atoms with Crippen molar-refractivity contribution in [2.45, 2.75) is 367 Å². The molecule has 0 aromatic carbocycles. The second-order valence-electron chi connectivity index (χ2n) is 21.7. The number of unbranched alkanes of at least 4 members (excludes halogenated alkanes) is 46. The summed E-state index contributed by atoms with van der Waals surface area (Å²) in [4.78, 5) is 38.2. The molecule has 0 saturated heterocycles. The smallest absolute Gasteiger partial charge is 0.306 e. The zero-order chi connectivity index (χ0) is 50.7. The molecule has 414 valence electrons. The Kier molecular flexibility index (Phi) is 58.1. The van der Waals surface area contributed by atoms with Crippen molar-refractivity contribution in [2.75, 3.05) is 13.2 Å². The molecule has 0 fully saturated rings. The molecule has 0 aromatic rings. The molecular weight excluding hydrogens is 865 g/mol. The number of rotatable bonds is 59. The van der Waals surface area contributed by atoms with Crippen molar-refractivity contribution >= 4 is 17.9 Å². The van der Waals surface area contributed by atoms with E-state index < -0.39 is 6.10 Å². The number of carbonyl (C=O) groups excluding carboxylic acids is 3. The Hall–Kier alpha value is -1.85. The third-order valence-electron chi connectivity index (χ3n) is 14.5. The Balaban J connectivity index is 4.17. The molecule has 1 unspecified atom stereocenters. The average molecular weight is 988 g/mol. The van der Waals surface area contributed by atoms with Crippen LogP contribution in [-0.4, -0.2) is 37.2 Å². The summed E-state index contributed by atoms with van der Waals surface area (Å²) in [5.41, 5.74) is 0. The van der Waals surface area contributed by atoms with Crippen LogP contribution in [0.25, 0.3) is 0 Å². The molecule has 0 amide bonds. The maximum Gasteiger partial charge on any atom is 0.306 e. The number of ether oxygens (including phenoxy) is 3. The van der Waals surface area contributed by atoms with Gasteiger partial charge in [0.1, 0.15) is 13.2 Å². The fourth-order valence-corrected chi connectivity index (χ4v) is 9.74. The van der Waals surface area contributed by atoms with Gasteiger partial charge in [0.05, 0.1) is 0 Å². The van der Waals surface area contributed by atoms with Gasteiger partial charge in [0, 0.05) is 19.3 Å². The van der Waals surface area contributed by atoms with Crippen LogP contribution in [0.1, 0.15) is 361 Å². The van der Waals surface area contributed by atoms with Crippen molar-refractivity contribution in [3.05, 3.63) is 12.2 Å². The van der Waals surface area contributed by atoms with Crippen LogP contribution in [-0.2, 0) is 28.6 Å². The Morgan fingerprint density at radius 3 is 0.714 bits per heavy atom. The summed E-state index contributed by atoms with van der Waals surface area (Å²) >= 11 is 0. The Labute approximate surface area is 437 Å². The van der Waals surface area contributed by atoms with E-state index in [9.17, 15) is 14.4 Å². The normalized spacial score (nSPS) is 12.0. The molecule has 0 rings (SSSR count). The number of carbonyl (C=O) groups is 3. The highest BCUT2D eigenvalue weighted by atomic mass is 16.6. The van der Waals surface area contributed by atoms with Crippen LogP contribution in [0, 0.1) is 0 Å². The number of allylic oxidation sites excluding steroid dienone is 2. The van der Waals surface area contributed by atoms with Gasteiger partial charge in [-0.25, -0.2) is 0 Å². The molecule has 1 atom stereocenters. The molecule has 0 aliphatic carbocycles. The maximum absolute atomic E-state index is 12.9. The quantitative estimate of drug-likeness (QED) is 0.0261.